The van der Waals surface area contributed by atoms with E-state index < -0.39 is 0 Å². The van der Waals surface area contributed by atoms with E-state index in [9.17, 15) is 4.39 Å². The highest BCUT2D eigenvalue weighted by Gasteiger charge is 2.17. The van der Waals surface area contributed by atoms with E-state index in [1.807, 2.05) is 12.1 Å². The summed E-state index contributed by atoms with van der Waals surface area (Å²) in [7, 11) is 1.59. The van der Waals surface area contributed by atoms with Crippen molar-refractivity contribution in [1.82, 2.24) is 24.6 Å². The van der Waals surface area contributed by atoms with Crippen molar-refractivity contribution in [2.75, 3.05) is 12.8 Å². The lowest BCUT2D eigenvalue weighted by molar-refractivity contribution is 0.412. The van der Waals surface area contributed by atoms with Gasteiger partial charge in [0.25, 0.3) is 0 Å². The Kier molecular flexibility index (Phi) is 4.60. The number of ether oxygens (including phenoxy) is 1. The van der Waals surface area contributed by atoms with E-state index in [4.69, 9.17) is 10.5 Å². The quantitative estimate of drug-likeness (QED) is 0.456. The molecule has 4 aromatic rings. The van der Waals surface area contributed by atoms with Crippen molar-refractivity contribution in [3.8, 4) is 17.0 Å². The van der Waals surface area contributed by atoms with Gasteiger partial charge in [0, 0.05) is 11.3 Å². The maximum Gasteiger partial charge on any atom is 0.223 e. The zero-order valence-corrected chi connectivity index (χ0v) is 16.4. The second kappa shape index (κ2) is 7.06. The average Bonchev–Trinajstić information content (AvgIpc) is 3.11. The number of nitrogens with zero attached hydrogens (tertiary/aromatic N) is 5. The molecule has 0 aliphatic rings. The van der Waals surface area contributed by atoms with Crippen molar-refractivity contribution < 1.29 is 9.13 Å². The van der Waals surface area contributed by atoms with Crippen LogP contribution in [0.25, 0.3) is 16.9 Å². The third-order valence-electron chi connectivity index (χ3n) is 3.99. The summed E-state index contributed by atoms with van der Waals surface area (Å²) in [5.41, 5.74) is 8.89. The minimum atomic E-state index is -0.306. The Balaban J connectivity index is 1.74. The van der Waals surface area contributed by atoms with E-state index >= 15 is 0 Å². The van der Waals surface area contributed by atoms with E-state index in [0.717, 1.165) is 14.8 Å². The van der Waals surface area contributed by atoms with Crippen LogP contribution in [0.4, 0.5) is 10.3 Å². The summed E-state index contributed by atoms with van der Waals surface area (Å²) < 4.78 is 20.6. The largest absolute Gasteiger partial charge is 0.495 e. The number of pyridine rings is 1. The Morgan fingerprint density at radius 1 is 1.15 bits per heavy atom. The summed E-state index contributed by atoms with van der Waals surface area (Å²) in [4.78, 5) is 13.3. The molecule has 1 aromatic carbocycles. The van der Waals surface area contributed by atoms with Gasteiger partial charge >= 0.3 is 0 Å². The van der Waals surface area contributed by atoms with Gasteiger partial charge in [-0.1, -0.05) is 0 Å². The minimum Gasteiger partial charge on any atom is -0.495 e. The third kappa shape index (κ3) is 3.42. The van der Waals surface area contributed by atoms with Crippen LogP contribution in [-0.4, -0.2) is 31.7 Å². The van der Waals surface area contributed by atoms with Gasteiger partial charge in [-0.3, -0.25) is 4.98 Å². The van der Waals surface area contributed by atoms with Crippen molar-refractivity contribution in [2.45, 2.75) is 6.42 Å². The lowest BCUT2D eigenvalue weighted by atomic mass is 10.1. The standard InChI is InChI=1S/C18H14FIN6O/c1-27-13-7-6-12(22-9-13)8-14-23-17-15(20)16(24-18(21)26(17)25-14)10-2-4-11(19)5-3-10/h2-7,9H,8H2,1H3,(H2,21,24). The highest BCUT2D eigenvalue weighted by atomic mass is 127. The van der Waals surface area contributed by atoms with Crippen molar-refractivity contribution in [2.24, 2.45) is 0 Å². The highest BCUT2D eigenvalue weighted by molar-refractivity contribution is 14.1. The van der Waals surface area contributed by atoms with E-state index in [1.165, 1.54) is 16.6 Å². The SMILES string of the molecule is COc1ccc(Cc2nc3c(I)c(-c4ccc(F)cc4)nc(N)n3n2)nc1. The molecule has 0 atom stereocenters. The Hall–Kier alpha value is -2.82. The number of fused-ring (bicyclic) bond motifs is 1. The molecule has 0 aliphatic heterocycles. The number of hydrogen-bond acceptors (Lipinski definition) is 6. The summed E-state index contributed by atoms with van der Waals surface area (Å²) >= 11 is 2.15. The molecule has 3 heterocycles. The van der Waals surface area contributed by atoms with E-state index in [-0.39, 0.29) is 11.8 Å². The van der Waals surface area contributed by atoms with Gasteiger partial charge in [0.05, 0.1) is 29.0 Å². The van der Waals surface area contributed by atoms with Gasteiger partial charge in [0.1, 0.15) is 11.6 Å². The lowest BCUT2D eigenvalue weighted by Gasteiger charge is -2.06. The molecule has 0 saturated carbocycles. The zero-order valence-electron chi connectivity index (χ0n) is 14.2. The number of nitrogens with two attached hydrogens (primary N) is 1. The molecule has 136 valence electrons. The van der Waals surface area contributed by atoms with Crippen LogP contribution in [0.5, 0.6) is 5.75 Å². The van der Waals surface area contributed by atoms with E-state index in [1.54, 1.807) is 25.4 Å². The average molecular weight is 476 g/mol. The molecule has 0 saturated heterocycles. The fraction of sp³-hybridized carbons (Fsp3) is 0.111. The number of aromatic nitrogens is 5. The summed E-state index contributed by atoms with van der Waals surface area (Å²) in [6.07, 6.45) is 2.10. The molecule has 3 aromatic heterocycles. The molecular formula is C18H14FIN6O. The molecule has 0 amide bonds. The van der Waals surface area contributed by atoms with Gasteiger partial charge in [0.2, 0.25) is 5.95 Å². The second-order valence-corrected chi connectivity index (χ2v) is 6.85. The number of methoxy groups -OCH3 is 1. The molecular weight excluding hydrogens is 462 g/mol. The molecule has 7 nitrogen and oxygen atoms in total. The molecule has 0 bridgehead atoms. The van der Waals surface area contributed by atoms with Crippen LogP contribution in [0.3, 0.4) is 0 Å². The topological polar surface area (TPSA) is 91.2 Å². The van der Waals surface area contributed by atoms with Crippen LogP contribution >= 0.6 is 22.6 Å². The van der Waals surface area contributed by atoms with Gasteiger partial charge in [0.15, 0.2) is 11.5 Å². The Morgan fingerprint density at radius 3 is 2.59 bits per heavy atom. The van der Waals surface area contributed by atoms with Crippen molar-refractivity contribution >= 4 is 34.2 Å². The molecule has 9 heteroatoms. The fourth-order valence-corrected chi connectivity index (χ4v) is 3.43. The Morgan fingerprint density at radius 2 is 1.93 bits per heavy atom. The second-order valence-electron chi connectivity index (χ2n) is 5.77. The first-order chi connectivity index (χ1) is 13.0. The lowest BCUT2D eigenvalue weighted by Crippen LogP contribution is -2.05. The van der Waals surface area contributed by atoms with Crippen LogP contribution in [0.2, 0.25) is 0 Å². The summed E-state index contributed by atoms with van der Waals surface area (Å²) in [5, 5.41) is 4.44. The minimum absolute atomic E-state index is 0.214. The Labute approximate surface area is 167 Å². The molecule has 0 spiro atoms. The van der Waals surface area contributed by atoms with Crippen molar-refractivity contribution in [3.05, 3.63) is 63.5 Å². The number of rotatable bonds is 4. The monoisotopic (exact) mass is 476 g/mol. The summed E-state index contributed by atoms with van der Waals surface area (Å²) in [5.74, 6) is 1.18. The number of hydrogen-bond donors (Lipinski definition) is 1. The Bertz CT molecular complexity index is 1110. The molecule has 0 radical (unpaired) electrons. The third-order valence-corrected chi connectivity index (χ3v) is 4.98. The first-order valence-corrected chi connectivity index (χ1v) is 9.08. The van der Waals surface area contributed by atoms with Gasteiger partial charge in [-0.25, -0.2) is 14.4 Å². The van der Waals surface area contributed by atoms with E-state index in [0.29, 0.717) is 29.3 Å². The van der Waals surface area contributed by atoms with Gasteiger partial charge in [-0.2, -0.15) is 4.52 Å². The fourth-order valence-electron chi connectivity index (χ4n) is 2.65. The summed E-state index contributed by atoms with van der Waals surface area (Å²) in [6.45, 7) is 0. The zero-order chi connectivity index (χ0) is 19.0. The molecule has 0 aliphatic carbocycles. The van der Waals surface area contributed by atoms with E-state index in [2.05, 4.69) is 42.6 Å². The smallest absolute Gasteiger partial charge is 0.223 e. The predicted octanol–water partition coefficient (Wildman–Crippen LogP) is 3.11. The maximum absolute atomic E-state index is 13.2. The molecule has 27 heavy (non-hydrogen) atoms. The predicted molar refractivity (Wildman–Crippen MR) is 107 cm³/mol. The van der Waals surface area contributed by atoms with Crippen molar-refractivity contribution in [1.29, 1.82) is 0 Å². The molecule has 2 N–H and O–H groups in total. The number of benzene rings is 1. The van der Waals surface area contributed by atoms with Crippen molar-refractivity contribution in [3.63, 3.8) is 0 Å². The summed E-state index contributed by atoms with van der Waals surface area (Å²) in [6, 6.07) is 9.80. The van der Waals surface area contributed by atoms with Crippen LogP contribution in [-0.2, 0) is 6.42 Å². The maximum atomic E-state index is 13.2. The molecule has 0 unspecified atom stereocenters. The number of nitrogen functional groups attached to an aromatic ring is 1. The molecule has 0 fully saturated rings. The highest BCUT2D eigenvalue weighted by Crippen LogP contribution is 2.27. The first kappa shape index (κ1) is 17.6. The first-order valence-electron chi connectivity index (χ1n) is 8.00. The van der Waals surface area contributed by atoms with Crippen LogP contribution in [0.1, 0.15) is 11.5 Å². The van der Waals surface area contributed by atoms with Crippen LogP contribution in [0, 0.1) is 9.39 Å². The van der Waals surface area contributed by atoms with Crippen LogP contribution < -0.4 is 10.5 Å². The number of halogens is 2. The number of anilines is 1. The van der Waals surface area contributed by atoms with Gasteiger partial charge < -0.3 is 10.5 Å². The normalized spacial score (nSPS) is 11.1. The van der Waals surface area contributed by atoms with Crippen LogP contribution in [0.15, 0.2) is 42.6 Å². The van der Waals surface area contributed by atoms with Gasteiger partial charge in [-0.15, -0.1) is 5.10 Å². The van der Waals surface area contributed by atoms with Gasteiger partial charge in [-0.05, 0) is 59.0 Å². The molecule has 4 rings (SSSR count).